The van der Waals surface area contributed by atoms with Gasteiger partial charge in [-0.25, -0.2) is 14.5 Å². The van der Waals surface area contributed by atoms with Crippen LogP contribution in [0.4, 0.5) is 16.3 Å². The number of piperidine rings is 1. The number of urea groups is 1. The molecule has 1 aliphatic rings. The molecule has 9 nitrogen and oxygen atoms in total. The molecule has 0 aliphatic carbocycles. The van der Waals surface area contributed by atoms with Gasteiger partial charge < -0.3 is 10.2 Å². The Morgan fingerprint density at radius 1 is 0.929 bits per heavy atom. The van der Waals surface area contributed by atoms with Crippen LogP contribution in [0.1, 0.15) is 66.6 Å². The van der Waals surface area contributed by atoms with E-state index in [0.717, 1.165) is 53.2 Å². The topological polar surface area (TPSA) is 105 Å². The van der Waals surface area contributed by atoms with Gasteiger partial charge in [0, 0.05) is 36.5 Å². The van der Waals surface area contributed by atoms with Gasteiger partial charge in [-0.15, -0.1) is 0 Å². The first kappa shape index (κ1) is 29.0. The van der Waals surface area contributed by atoms with Gasteiger partial charge in [0.05, 0.1) is 23.3 Å². The van der Waals surface area contributed by atoms with E-state index in [1.165, 1.54) is 0 Å². The number of likely N-dealkylation sites (tertiary alicyclic amines) is 1. The highest BCUT2D eigenvalue weighted by Crippen LogP contribution is 2.27. The predicted molar refractivity (Wildman–Crippen MR) is 165 cm³/mol. The number of anilines is 2. The van der Waals surface area contributed by atoms with E-state index in [-0.39, 0.29) is 17.4 Å². The van der Waals surface area contributed by atoms with Gasteiger partial charge in [-0.05, 0) is 68.9 Å². The molecule has 2 aromatic heterocycles. The molecule has 1 saturated heterocycles. The van der Waals surface area contributed by atoms with Crippen LogP contribution in [0.3, 0.4) is 0 Å². The van der Waals surface area contributed by atoms with E-state index in [2.05, 4.69) is 47.4 Å². The molecule has 5 rings (SSSR count). The smallest absolute Gasteiger partial charge is 0.324 e. The van der Waals surface area contributed by atoms with Crippen LogP contribution in [0.2, 0.25) is 0 Å². The fourth-order valence-corrected chi connectivity index (χ4v) is 5.11. The summed E-state index contributed by atoms with van der Waals surface area (Å²) in [5.41, 5.74) is 5.83. The highest BCUT2D eigenvalue weighted by atomic mass is 16.2. The van der Waals surface area contributed by atoms with E-state index in [4.69, 9.17) is 5.10 Å². The van der Waals surface area contributed by atoms with Crippen molar-refractivity contribution in [2.45, 2.75) is 59.3 Å². The summed E-state index contributed by atoms with van der Waals surface area (Å²) in [6.07, 6.45) is 5.91. The first-order valence-electron chi connectivity index (χ1n) is 14.5. The van der Waals surface area contributed by atoms with Crippen LogP contribution >= 0.6 is 0 Å². The lowest BCUT2D eigenvalue weighted by molar-refractivity contribution is 0.0684. The molecular formula is C33H39N7O2. The summed E-state index contributed by atoms with van der Waals surface area (Å²) in [6, 6.07) is 17.6. The Balaban J connectivity index is 1.20. The number of hydrogen-bond donors (Lipinski definition) is 2. The van der Waals surface area contributed by atoms with Crippen molar-refractivity contribution in [3.05, 3.63) is 95.2 Å². The summed E-state index contributed by atoms with van der Waals surface area (Å²) in [4.78, 5) is 36.2. The molecule has 3 heterocycles. The van der Waals surface area contributed by atoms with Crippen molar-refractivity contribution >= 4 is 23.4 Å². The fraction of sp³-hybridized carbons (Fsp3) is 0.364. The number of carbonyl (C=O) groups is 2. The molecule has 9 heteroatoms. The van der Waals surface area contributed by atoms with Crippen LogP contribution in [-0.2, 0) is 11.8 Å². The summed E-state index contributed by atoms with van der Waals surface area (Å²) >= 11 is 0. The zero-order chi connectivity index (χ0) is 29.9. The van der Waals surface area contributed by atoms with Gasteiger partial charge in [0.15, 0.2) is 0 Å². The van der Waals surface area contributed by atoms with Crippen LogP contribution in [0.5, 0.6) is 0 Å². The van der Waals surface area contributed by atoms with Crippen molar-refractivity contribution in [3.8, 4) is 5.69 Å². The SMILES string of the molecule is Cc1ccc(-n2nc(C(C)(C)C)cc2NC(=O)Nc2cccc(CC3CCN(C(=O)c4cnc(C)cn4)CC3)c2)cc1. The predicted octanol–water partition coefficient (Wildman–Crippen LogP) is 6.32. The summed E-state index contributed by atoms with van der Waals surface area (Å²) in [5.74, 6) is 1.01. The van der Waals surface area contributed by atoms with Crippen LogP contribution < -0.4 is 10.6 Å². The normalized spacial score (nSPS) is 14.1. The molecule has 0 unspecified atom stereocenters. The van der Waals surface area contributed by atoms with Gasteiger partial charge >= 0.3 is 6.03 Å². The molecule has 2 N–H and O–H groups in total. The molecule has 4 aromatic rings. The highest BCUT2D eigenvalue weighted by Gasteiger charge is 2.25. The Morgan fingerprint density at radius 2 is 1.67 bits per heavy atom. The number of aryl methyl sites for hydroxylation is 2. The second-order valence-corrected chi connectivity index (χ2v) is 12.2. The maximum absolute atomic E-state index is 13.1. The number of benzene rings is 2. The average molecular weight is 566 g/mol. The average Bonchev–Trinajstić information content (AvgIpc) is 3.38. The number of amides is 3. The lowest BCUT2D eigenvalue weighted by Gasteiger charge is -2.32. The van der Waals surface area contributed by atoms with Crippen LogP contribution in [0.25, 0.3) is 5.69 Å². The number of nitrogens with zero attached hydrogens (tertiary/aromatic N) is 5. The quantitative estimate of drug-likeness (QED) is 0.285. The van der Waals surface area contributed by atoms with E-state index in [1.807, 2.05) is 67.3 Å². The first-order chi connectivity index (χ1) is 20.0. The van der Waals surface area contributed by atoms with Gasteiger partial charge in [0.2, 0.25) is 0 Å². The molecule has 0 atom stereocenters. The van der Waals surface area contributed by atoms with Gasteiger partial charge in [-0.2, -0.15) is 5.10 Å². The summed E-state index contributed by atoms with van der Waals surface area (Å²) in [6.45, 7) is 11.6. The molecule has 218 valence electrons. The Bertz CT molecular complexity index is 1540. The van der Waals surface area contributed by atoms with Crippen molar-refractivity contribution < 1.29 is 9.59 Å². The second kappa shape index (κ2) is 12.1. The van der Waals surface area contributed by atoms with Gasteiger partial charge in [0.25, 0.3) is 5.91 Å². The number of aromatic nitrogens is 4. The molecule has 0 saturated carbocycles. The molecule has 1 fully saturated rings. The van der Waals surface area contributed by atoms with Crippen molar-refractivity contribution in [1.82, 2.24) is 24.6 Å². The lowest BCUT2D eigenvalue weighted by atomic mass is 9.90. The van der Waals surface area contributed by atoms with Gasteiger partial charge in [0.1, 0.15) is 11.5 Å². The third kappa shape index (κ3) is 7.02. The second-order valence-electron chi connectivity index (χ2n) is 12.2. The Labute approximate surface area is 247 Å². The third-order valence-corrected chi connectivity index (χ3v) is 7.61. The molecular weight excluding hydrogens is 526 g/mol. The Morgan fingerprint density at radius 3 is 2.33 bits per heavy atom. The zero-order valence-corrected chi connectivity index (χ0v) is 25.0. The Kier molecular flexibility index (Phi) is 8.38. The number of nitrogens with one attached hydrogen (secondary N) is 2. The molecule has 0 bridgehead atoms. The van der Waals surface area contributed by atoms with E-state index >= 15 is 0 Å². The standard InChI is InChI=1S/C33H39N7O2/c1-22-9-11-27(12-10-22)40-30(19-29(38-40)33(3,4)5)37-32(42)36-26-8-6-7-25(18-26)17-24-13-15-39(16-14-24)31(41)28-21-34-23(2)20-35-28/h6-12,18-21,24H,13-17H2,1-5H3,(H2,36,37,42). The maximum atomic E-state index is 13.1. The molecule has 2 aromatic carbocycles. The van der Waals surface area contributed by atoms with Crippen LogP contribution in [-0.4, -0.2) is 49.7 Å². The minimum Gasteiger partial charge on any atom is -0.337 e. The maximum Gasteiger partial charge on any atom is 0.324 e. The Hall–Kier alpha value is -4.53. The molecule has 1 aliphatic heterocycles. The summed E-state index contributed by atoms with van der Waals surface area (Å²) < 4.78 is 1.78. The minimum absolute atomic E-state index is 0.0588. The molecule has 42 heavy (non-hydrogen) atoms. The van der Waals surface area contributed by atoms with Gasteiger partial charge in [-0.3, -0.25) is 15.1 Å². The number of rotatable bonds is 6. The third-order valence-electron chi connectivity index (χ3n) is 7.61. The van der Waals surface area contributed by atoms with E-state index in [9.17, 15) is 9.59 Å². The van der Waals surface area contributed by atoms with E-state index in [0.29, 0.717) is 30.5 Å². The largest absolute Gasteiger partial charge is 0.337 e. The van der Waals surface area contributed by atoms with E-state index in [1.54, 1.807) is 17.1 Å². The van der Waals surface area contributed by atoms with Crippen molar-refractivity contribution in [2.24, 2.45) is 5.92 Å². The number of hydrogen-bond acceptors (Lipinski definition) is 5. The van der Waals surface area contributed by atoms with Crippen LogP contribution in [0, 0.1) is 19.8 Å². The van der Waals surface area contributed by atoms with Crippen molar-refractivity contribution in [3.63, 3.8) is 0 Å². The fourth-order valence-electron chi connectivity index (χ4n) is 5.11. The monoisotopic (exact) mass is 565 g/mol. The van der Waals surface area contributed by atoms with Crippen molar-refractivity contribution in [2.75, 3.05) is 23.7 Å². The van der Waals surface area contributed by atoms with Gasteiger partial charge in [-0.1, -0.05) is 50.6 Å². The summed E-state index contributed by atoms with van der Waals surface area (Å²) in [7, 11) is 0. The zero-order valence-electron chi connectivity index (χ0n) is 25.0. The molecule has 3 amide bonds. The molecule has 0 spiro atoms. The lowest BCUT2D eigenvalue weighted by Crippen LogP contribution is -2.39. The molecule has 0 radical (unpaired) electrons. The van der Waals surface area contributed by atoms with Crippen molar-refractivity contribution in [1.29, 1.82) is 0 Å². The first-order valence-corrected chi connectivity index (χ1v) is 14.5. The highest BCUT2D eigenvalue weighted by molar-refractivity contribution is 5.99. The number of carbonyl (C=O) groups excluding carboxylic acids is 2. The van der Waals surface area contributed by atoms with E-state index < -0.39 is 0 Å². The van der Waals surface area contributed by atoms with Crippen LogP contribution in [0.15, 0.2) is 67.0 Å². The summed E-state index contributed by atoms with van der Waals surface area (Å²) in [5, 5.41) is 10.8. The minimum atomic E-state index is -0.327.